The Morgan fingerprint density at radius 3 is 2.71 bits per heavy atom. The summed E-state index contributed by atoms with van der Waals surface area (Å²) in [5, 5.41) is 0. The van der Waals surface area contributed by atoms with Crippen LogP contribution in [0.1, 0.15) is 13.3 Å². The average Bonchev–Trinajstić information content (AvgIpc) is 2.64. The summed E-state index contributed by atoms with van der Waals surface area (Å²) in [6, 6.07) is -0.294. The second-order valence-corrected chi connectivity index (χ2v) is 6.59. The Labute approximate surface area is 102 Å². The molecule has 17 heavy (non-hydrogen) atoms. The van der Waals surface area contributed by atoms with Gasteiger partial charge in [-0.15, -0.1) is 6.42 Å². The average molecular weight is 258 g/mol. The van der Waals surface area contributed by atoms with Gasteiger partial charge in [-0.2, -0.15) is 0 Å². The Morgan fingerprint density at radius 1 is 1.65 bits per heavy atom. The quantitative estimate of drug-likeness (QED) is 0.671. The highest BCUT2D eigenvalue weighted by molar-refractivity contribution is 7.91. The lowest BCUT2D eigenvalue weighted by Gasteiger charge is -2.28. The molecule has 0 spiro atoms. The van der Waals surface area contributed by atoms with Crippen LogP contribution in [0.5, 0.6) is 0 Å². The van der Waals surface area contributed by atoms with Gasteiger partial charge in [0.2, 0.25) is 5.91 Å². The lowest BCUT2D eigenvalue weighted by Crippen LogP contribution is -2.45. The summed E-state index contributed by atoms with van der Waals surface area (Å²) in [4.78, 5) is 13.5. The zero-order valence-electron chi connectivity index (χ0n) is 9.93. The molecule has 6 heteroatoms. The number of sulfone groups is 1. The van der Waals surface area contributed by atoms with Crippen LogP contribution in [0, 0.1) is 18.3 Å². The Bertz CT molecular complexity index is 424. The molecule has 0 bridgehead atoms. The van der Waals surface area contributed by atoms with E-state index in [1.54, 1.807) is 6.92 Å². The minimum atomic E-state index is -3.02. The van der Waals surface area contributed by atoms with Gasteiger partial charge in [-0.3, -0.25) is 4.79 Å². The molecule has 1 amide bonds. The van der Waals surface area contributed by atoms with Crippen LogP contribution in [0.4, 0.5) is 0 Å². The molecule has 2 atom stereocenters. The Kier molecular flexibility index (Phi) is 4.54. The van der Waals surface area contributed by atoms with Gasteiger partial charge in [0.15, 0.2) is 9.84 Å². The summed E-state index contributed by atoms with van der Waals surface area (Å²) >= 11 is 0. The largest absolute Gasteiger partial charge is 0.330 e. The SMILES string of the molecule is C#CCN(C(=O)C(C)CN)C1CCS(=O)(=O)C1. The summed E-state index contributed by atoms with van der Waals surface area (Å²) < 4.78 is 22.8. The normalized spacial score (nSPS) is 23.9. The molecule has 0 aromatic carbocycles. The van der Waals surface area contributed by atoms with Crippen LogP contribution >= 0.6 is 0 Å². The van der Waals surface area contributed by atoms with Crippen LogP contribution in [-0.4, -0.2) is 49.9 Å². The first-order valence-electron chi connectivity index (χ1n) is 5.55. The van der Waals surface area contributed by atoms with E-state index in [0.717, 1.165) is 0 Å². The lowest BCUT2D eigenvalue weighted by atomic mass is 10.1. The maximum Gasteiger partial charge on any atom is 0.227 e. The van der Waals surface area contributed by atoms with E-state index in [0.29, 0.717) is 6.42 Å². The molecular weight excluding hydrogens is 240 g/mol. The number of terminal acetylenes is 1. The van der Waals surface area contributed by atoms with Crippen molar-refractivity contribution < 1.29 is 13.2 Å². The van der Waals surface area contributed by atoms with Gasteiger partial charge in [0.1, 0.15) is 0 Å². The van der Waals surface area contributed by atoms with Crippen LogP contribution < -0.4 is 5.73 Å². The lowest BCUT2D eigenvalue weighted by molar-refractivity contribution is -0.135. The minimum Gasteiger partial charge on any atom is -0.330 e. The second kappa shape index (κ2) is 5.52. The number of nitrogens with two attached hydrogens (primary N) is 1. The third-order valence-electron chi connectivity index (χ3n) is 2.97. The topological polar surface area (TPSA) is 80.5 Å². The minimum absolute atomic E-state index is 0.0116. The Balaban J connectivity index is 2.81. The van der Waals surface area contributed by atoms with Gasteiger partial charge in [-0.1, -0.05) is 12.8 Å². The van der Waals surface area contributed by atoms with E-state index in [-0.39, 0.29) is 42.5 Å². The van der Waals surface area contributed by atoms with Crippen molar-refractivity contribution in [3.63, 3.8) is 0 Å². The van der Waals surface area contributed by atoms with Gasteiger partial charge >= 0.3 is 0 Å². The van der Waals surface area contributed by atoms with Gasteiger partial charge in [-0.25, -0.2) is 8.42 Å². The third kappa shape index (κ3) is 3.45. The highest BCUT2D eigenvalue weighted by atomic mass is 32.2. The number of nitrogens with zero attached hydrogens (tertiary/aromatic N) is 1. The van der Waals surface area contributed by atoms with Crippen LogP contribution in [0.25, 0.3) is 0 Å². The molecule has 0 aliphatic carbocycles. The zero-order valence-corrected chi connectivity index (χ0v) is 10.7. The standard InChI is InChI=1S/C11H18N2O3S/c1-3-5-13(11(14)9(2)7-12)10-4-6-17(15,16)8-10/h1,9-10H,4-8,12H2,2H3. The van der Waals surface area contributed by atoms with Crippen molar-refractivity contribution in [1.29, 1.82) is 0 Å². The summed E-state index contributed by atoms with van der Waals surface area (Å²) in [5.74, 6) is 2.05. The maximum absolute atomic E-state index is 12.0. The van der Waals surface area contributed by atoms with Crippen molar-refractivity contribution in [3.8, 4) is 12.3 Å². The molecule has 0 radical (unpaired) electrons. The maximum atomic E-state index is 12.0. The van der Waals surface area contributed by atoms with Crippen molar-refractivity contribution in [2.24, 2.45) is 11.7 Å². The molecule has 5 nitrogen and oxygen atoms in total. The number of carbonyl (C=O) groups is 1. The van der Waals surface area contributed by atoms with E-state index < -0.39 is 9.84 Å². The van der Waals surface area contributed by atoms with Crippen molar-refractivity contribution in [2.75, 3.05) is 24.6 Å². The third-order valence-corrected chi connectivity index (χ3v) is 4.72. The fraction of sp³-hybridized carbons (Fsp3) is 0.727. The fourth-order valence-electron chi connectivity index (χ4n) is 1.89. The van der Waals surface area contributed by atoms with E-state index in [1.807, 2.05) is 0 Å². The van der Waals surface area contributed by atoms with Crippen LogP contribution in [0.15, 0.2) is 0 Å². The molecule has 96 valence electrons. The van der Waals surface area contributed by atoms with Crippen molar-refractivity contribution in [3.05, 3.63) is 0 Å². The Hall–Kier alpha value is -1.06. The van der Waals surface area contributed by atoms with Gasteiger partial charge in [0, 0.05) is 18.5 Å². The first-order chi connectivity index (χ1) is 7.91. The first-order valence-corrected chi connectivity index (χ1v) is 7.38. The predicted octanol–water partition coefficient (Wildman–Crippen LogP) is -0.770. The molecule has 0 aromatic rings. The van der Waals surface area contributed by atoms with Gasteiger partial charge in [0.25, 0.3) is 0 Å². The molecule has 0 saturated carbocycles. The highest BCUT2D eigenvalue weighted by Crippen LogP contribution is 2.19. The molecule has 0 aromatic heterocycles. The van der Waals surface area contributed by atoms with E-state index in [1.165, 1.54) is 4.90 Å². The van der Waals surface area contributed by atoms with E-state index in [9.17, 15) is 13.2 Å². The molecule has 1 fully saturated rings. The van der Waals surface area contributed by atoms with Gasteiger partial charge in [0.05, 0.1) is 18.1 Å². The van der Waals surface area contributed by atoms with Crippen LogP contribution in [0.3, 0.4) is 0 Å². The van der Waals surface area contributed by atoms with Crippen molar-refractivity contribution in [2.45, 2.75) is 19.4 Å². The fourth-order valence-corrected chi connectivity index (χ4v) is 3.62. The molecule has 1 aliphatic heterocycles. The van der Waals surface area contributed by atoms with Crippen LogP contribution in [-0.2, 0) is 14.6 Å². The smallest absolute Gasteiger partial charge is 0.227 e. The van der Waals surface area contributed by atoms with E-state index in [2.05, 4.69) is 5.92 Å². The molecular formula is C11H18N2O3S. The first kappa shape index (κ1) is 14.0. The predicted molar refractivity (Wildman–Crippen MR) is 65.8 cm³/mol. The van der Waals surface area contributed by atoms with E-state index >= 15 is 0 Å². The summed E-state index contributed by atoms with van der Waals surface area (Å²) in [6.07, 6.45) is 5.68. The van der Waals surface area contributed by atoms with Crippen molar-refractivity contribution in [1.82, 2.24) is 4.90 Å². The number of carbonyl (C=O) groups excluding carboxylic acids is 1. The molecule has 1 saturated heterocycles. The zero-order chi connectivity index (χ0) is 13.1. The molecule has 1 heterocycles. The van der Waals surface area contributed by atoms with Gasteiger partial charge in [-0.05, 0) is 6.42 Å². The van der Waals surface area contributed by atoms with Crippen LogP contribution in [0.2, 0.25) is 0 Å². The second-order valence-electron chi connectivity index (χ2n) is 4.36. The Morgan fingerprint density at radius 2 is 2.29 bits per heavy atom. The molecule has 1 aliphatic rings. The number of amides is 1. The number of rotatable bonds is 4. The molecule has 1 rings (SSSR count). The van der Waals surface area contributed by atoms with E-state index in [4.69, 9.17) is 12.2 Å². The highest BCUT2D eigenvalue weighted by Gasteiger charge is 2.35. The molecule has 2 unspecified atom stereocenters. The molecule has 2 N–H and O–H groups in total. The number of hydrogen-bond acceptors (Lipinski definition) is 4. The monoisotopic (exact) mass is 258 g/mol. The summed E-state index contributed by atoms with van der Waals surface area (Å²) in [7, 11) is -3.02. The summed E-state index contributed by atoms with van der Waals surface area (Å²) in [6.45, 7) is 2.10. The van der Waals surface area contributed by atoms with Crippen molar-refractivity contribution >= 4 is 15.7 Å². The summed E-state index contributed by atoms with van der Waals surface area (Å²) in [5.41, 5.74) is 5.44. The van der Waals surface area contributed by atoms with Gasteiger partial charge < -0.3 is 10.6 Å². The number of hydrogen-bond donors (Lipinski definition) is 1.